The maximum atomic E-state index is 12.3. The Balaban J connectivity index is 1.42. The Hall–Kier alpha value is -3.65. The van der Waals surface area contributed by atoms with Gasteiger partial charge in [0.2, 0.25) is 0 Å². The fourth-order valence-corrected chi connectivity index (χ4v) is 4.89. The number of nitrogens with zero attached hydrogens (tertiary/aromatic N) is 4. The number of aliphatic imine (C=N–C) groups is 1. The van der Waals surface area contributed by atoms with Crippen molar-refractivity contribution in [2.45, 2.75) is 31.9 Å². The average Bonchev–Trinajstić information content (AvgIpc) is 3.33. The average molecular weight is 488 g/mol. The summed E-state index contributed by atoms with van der Waals surface area (Å²) in [6, 6.07) is 8.52. The van der Waals surface area contributed by atoms with Crippen LogP contribution in [0.15, 0.2) is 47.7 Å². The quantitative estimate of drug-likeness (QED) is 0.508. The van der Waals surface area contributed by atoms with Crippen LogP contribution in [0.3, 0.4) is 0 Å². The standard InChI is InChI=1S/C28H33N5O3/c1-29-16-22-14-20(4-5-26(22)36-23-8-12-35-13-9-23)25-18-31-27-24(25)15-21(17-30-27)19-6-10-33(11-7-19)28(34)32(2)3/h4-6,14-15,17-18,23H,1,7-13,16H2,2-3H3,(H,30,31). The molecule has 4 heterocycles. The first-order valence-corrected chi connectivity index (χ1v) is 12.5. The number of aromatic amines is 1. The molecule has 0 radical (unpaired) electrons. The van der Waals surface area contributed by atoms with Gasteiger partial charge in [0.25, 0.3) is 0 Å². The lowest BCUT2D eigenvalue weighted by Crippen LogP contribution is -2.41. The van der Waals surface area contributed by atoms with E-state index in [9.17, 15) is 4.79 Å². The highest BCUT2D eigenvalue weighted by molar-refractivity contribution is 5.95. The number of ether oxygens (including phenoxy) is 2. The number of H-pyrrole nitrogens is 1. The van der Waals surface area contributed by atoms with Crippen LogP contribution in [0.25, 0.3) is 27.7 Å². The minimum absolute atomic E-state index is 0.0425. The zero-order chi connectivity index (χ0) is 25.1. The number of aromatic nitrogens is 2. The summed E-state index contributed by atoms with van der Waals surface area (Å²) in [4.78, 5) is 27.9. The van der Waals surface area contributed by atoms with E-state index in [4.69, 9.17) is 9.47 Å². The molecule has 0 spiro atoms. The van der Waals surface area contributed by atoms with Crippen molar-refractivity contribution >= 4 is 29.4 Å². The fourth-order valence-electron chi connectivity index (χ4n) is 4.89. The maximum Gasteiger partial charge on any atom is 0.319 e. The molecule has 1 aromatic carbocycles. The molecule has 2 aliphatic rings. The van der Waals surface area contributed by atoms with Gasteiger partial charge in [0.1, 0.15) is 17.5 Å². The molecule has 2 amide bonds. The van der Waals surface area contributed by atoms with Crippen LogP contribution in [0, 0.1) is 0 Å². The van der Waals surface area contributed by atoms with Gasteiger partial charge in [0.05, 0.1) is 19.8 Å². The second kappa shape index (κ2) is 10.5. The first kappa shape index (κ1) is 24.1. The summed E-state index contributed by atoms with van der Waals surface area (Å²) in [6.45, 7) is 6.98. The molecular weight excluding hydrogens is 454 g/mol. The lowest BCUT2D eigenvalue weighted by Gasteiger charge is -2.29. The zero-order valence-corrected chi connectivity index (χ0v) is 21.0. The fraction of sp³-hybridized carbons (Fsp3) is 0.393. The topological polar surface area (TPSA) is 83.1 Å². The number of amides is 2. The number of carbonyl (C=O) groups excluding carboxylic acids is 1. The van der Waals surface area contributed by atoms with Crippen LogP contribution in [0.4, 0.5) is 4.79 Å². The van der Waals surface area contributed by atoms with E-state index in [0.29, 0.717) is 19.6 Å². The van der Waals surface area contributed by atoms with Gasteiger partial charge in [0.15, 0.2) is 0 Å². The van der Waals surface area contributed by atoms with Crippen LogP contribution in [-0.4, -0.2) is 79.0 Å². The van der Waals surface area contributed by atoms with Crippen LogP contribution >= 0.6 is 0 Å². The third-order valence-corrected chi connectivity index (χ3v) is 6.88. The first-order valence-electron chi connectivity index (χ1n) is 12.5. The van der Waals surface area contributed by atoms with E-state index in [-0.39, 0.29) is 12.1 Å². The summed E-state index contributed by atoms with van der Waals surface area (Å²) >= 11 is 0. The smallest absolute Gasteiger partial charge is 0.319 e. The number of pyridine rings is 1. The molecule has 8 nitrogen and oxygen atoms in total. The molecular formula is C28H33N5O3. The number of nitrogens with one attached hydrogen (secondary N) is 1. The molecule has 1 saturated heterocycles. The van der Waals surface area contributed by atoms with E-state index >= 15 is 0 Å². The first-order chi connectivity index (χ1) is 17.5. The van der Waals surface area contributed by atoms with E-state index in [1.165, 1.54) is 5.57 Å². The predicted octanol–water partition coefficient (Wildman–Crippen LogP) is 4.76. The molecule has 8 heteroatoms. The summed E-state index contributed by atoms with van der Waals surface area (Å²) < 4.78 is 11.8. The van der Waals surface area contributed by atoms with Crippen LogP contribution in [0.2, 0.25) is 0 Å². The van der Waals surface area contributed by atoms with Crippen LogP contribution < -0.4 is 4.74 Å². The molecule has 1 N–H and O–H groups in total. The minimum atomic E-state index is 0.0425. The SMILES string of the molecule is C=NCc1cc(-c2c[nH]c3ncc(C4=CCN(C(=O)N(C)C)CC4)cc23)ccc1OC1CCOCC1. The van der Waals surface area contributed by atoms with Gasteiger partial charge in [0, 0.05) is 68.9 Å². The third kappa shape index (κ3) is 4.99. The Morgan fingerprint density at radius 2 is 2.11 bits per heavy atom. The van der Waals surface area contributed by atoms with Crippen molar-refractivity contribution < 1.29 is 14.3 Å². The van der Waals surface area contributed by atoms with Crippen LogP contribution in [0.5, 0.6) is 5.75 Å². The lowest BCUT2D eigenvalue weighted by molar-refractivity contribution is 0.0252. The number of hydrogen-bond donors (Lipinski definition) is 1. The molecule has 0 saturated carbocycles. The van der Waals surface area contributed by atoms with Gasteiger partial charge < -0.3 is 24.3 Å². The highest BCUT2D eigenvalue weighted by atomic mass is 16.5. The number of carbonyl (C=O) groups is 1. The molecule has 0 aliphatic carbocycles. The van der Waals surface area contributed by atoms with Gasteiger partial charge in [-0.25, -0.2) is 9.78 Å². The lowest BCUT2D eigenvalue weighted by atomic mass is 9.98. The molecule has 0 bridgehead atoms. The van der Waals surface area contributed by atoms with Crippen molar-refractivity contribution in [3.8, 4) is 16.9 Å². The Morgan fingerprint density at radius 1 is 1.28 bits per heavy atom. The maximum absolute atomic E-state index is 12.3. The summed E-state index contributed by atoms with van der Waals surface area (Å²) in [5.74, 6) is 0.862. The molecule has 0 atom stereocenters. The second-order valence-electron chi connectivity index (χ2n) is 9.56. The van der Waals surface area contributed by atoms with Gasteiger partial charge in [-0.1, -0.05) is 12.1 Å². The van der Waals surface area contributed by atoms with Crippen LogP contribution in [-0.2, 0) is 11.3 Å². The number of fused-ring (bicyclic) bond motifs is 1. The summed E-state index contributed by atoms with van der Waals surface area (Å²) in [7, 11) is 3.57. The molecule has 188 valence electrons. The number of rotatable bonds is 6. The summed E-state index contributed by atoms with van der Waals surface area (Å²) in [6.07, 6.45) is 8.83. The van der Waals surface area contributed by atoms with E-state index in [1.807, 2.05) is 23.4 Å². The van der Waals surface area contributed by atoms with Crippen molar-refractivity contribution in [2.75, 3.05) is 40.4 Å². The molecule has 5 rings (SSSR count). The van der Waals surface area contributed by atoms with Crippen molar-refractivity contribution in [3.05, 3.63) is 53.9 Å². The normalized spacial score (nSPS) is 16.6. The highest BCUT2D eigenvalue weighted by Crippen LogP contribution is 2.34. The Kier molecular flexibility index (Phi) is 7.04. The summed E-state index contributed by atoms with van der Waals surface area (Å²) in [5.41, 5.74) is 6.35. The predicted molar refractivity (Wildman–Crippen MR) is 143 cm³/mol. The van der Waals surface area contributed by atoms with E-state index < -0.39 is 0 Å². The minimum Gasteiger partial charge on any atom is -0.490 e. The molecule has 0 unspecified atom stereocenters. The van der Waals surface area contributed by atoms with Gasteiger partial charge in [-0.3, -0.25) is 4.99 Å². The monoisotopic (exact) mass is 487 g/mol. The molecule has 2 aliphatic heterocycles. The van der Waals surface area contributed by atoms with Crippen molar-refractivity contribution in [3.63, 3.8) is 0 Å². The Bertz CT molecular complexity index is 1290. The van der Waals surface area contributed by atoms with Gasteiger partial charge in [-0.15, -0.1) is 0 Å². The van der Waals surface area contributed by atoms with E-state index in [2.05, 4.69) is 46.0 Å². The van der Waals surface area contributed by atoms with Crippen LogP contribution in [0.1, 0.15) is 30.4 Å². The third-order valence-electron chi connectivity index (χ3n) is 6.88. The van der Waals surface area contributed by atoms with Gasteiger partial charge in [-0.2, -0.15) is 0 Å². The number of benzene rings is 1. The number of urea groups is 1. The molecule has 36 heavy (non-hydrogen) atoms. The second-order valence-corrected chi connectivity index (χ2v) is 9.56. The van der Waals surface area contributed by atoms with Gasteiger partial charge >= 0.3 is 6.03 Å². The zero-order valence-electron chi connectivity index (χ0n) is 21.0. The summed E-state index contributed by atoms with van der Waals surface area (Å²) in [5, 5.41) is 1.07. The molecule has 2 aromatic heterocycles. The van der Waals surface area contributed by atoms with Crippen molar-refractivity contribution in [1.29, 1.82) is 0 Å². The molecule has 3 aromatic rings. The van der Waals surface area contributed by atoms with Crippen molar-refractivity contribution in [1.82, 2.24) is 19.8 Å². The Morgan fingerprint density at radius 3 is 2.83 bits per heavy atom. The highest BCUT2D eigenvalue weighted by Gasteiger charge is 2.21. The Labute approximate surface area is 211 Å². The van der Waals surface area contributed by atoms with E-state index in [0.717, 1.165) is 71.5 Å². The molecule has 1 fully saturated rings. The van der Waals surface area contributed by atoms with E-state index in [1.54, 1.807) is 19.0 Å². The number of hydrogen-bond acceptors (Lipinski definition) is 5. The van der Waals surface area contributed by atoms with Gasteiger partial charge in [-0.05, 0) is 48.0 Å². The largest absolute Gasteiger partial charge is 0.490 e. The van der Waals surface area contributed by atoms with Crippen molar-refractivity contribution in [2.24, 2.45) is 4.99 Å².